The minimum Gasteiger partial charge on any atom is -0.299 e. The Hall–Kier alpha value is -1.34. The first-order valence-corrected chi connectivity index (χ1v) is 4.74. The fourth-order valence-corrected chi connectivity index (χ4v) is 1.16. The Morgan fingerprint density at radius 1 is 1.57 bits per heavy atom. The van der Waals surface area contributed by atoms with Crippen molar-refractivity contribution in [2.45, 2.75) is 33.4 Å². The van der Waals surface area contributed by atoms with E-state index in [-0.39, 0.29) is 0 Å². The summed E-state index contributed by atoms with van der Waals surface area (Å²) in [5.74, 6) is 6.73. The van der Waals surface area contributed by atoms with Gasteiger partial charge in [-0.05, 0) is 20.8 Å². The number of nitrogens with one attached hydrogen (secondary N) is 1. The van der Waals surface area contributed by atoms with E-state index in [4.69, 9.17) is 0 Å². The predicted molar refractivity (Wildman–Crippen MR) is 55.6 cm³/mol. The highest BCUT2D eigenvalue weighted by Crippen LogP contribution is 2.04. The molecule has 76 valence electrons. The van der Waals surface area contributed by atoms with Gasteiger partial charge in [-0.15, -0.1) is 5.92 Å². The molecule has 14 heavy (non-hydrogen) atoms. The van der Waals surface area contributed by atoms with E-state index in [1.807, 2.05) is 11.6 Å². The number of rotatable bonds is 4. The van der Waals surface area contributed by atoms with Crippen LogP contribution in [0.3, 0.4) is 0 Å². The van der Waals surface area contributed by atoms with Gasteiger partial charge in [0.25, 0.3) is 0 Å². The van der Waals surface area contributed by atoms with Gasteiger partial charge in [0.1, 0.15) is 12.2 Å². The van der Waals surface area contributed by atoms with Gasteiger partial charge in [-0.25, -0.2) is 9.67 Å². The molecule has 0 radical (unpaired) electrons. The zero-order valence-electron chi connectivity index (χ0n) is 8.91. The molecule has 0 amide bonds. The molecule has 1 rings (SSSR count). The van der Waals surface area contributed by atoms with Crippen molar-refractivity contribution >= 4 is 0 Å². The molecule has 1 aromatic rings. The predicted octanol–water partition coefficient (Wildman–Crippen LogP) is 0.972. The lowest BCUT2D eigenvalue weighted by molar-refractivity contribution is 0.495. The molecule has 0 fully saturated rings. The second kappa shape index (κ2) is 5.40. The molecule has 0 aromatic carbocycles. The molecule has 1 heterocycles. The van der Waals surface area contributed by atoms with Crippen molar-refractivity contribution in [1.29, 1.82) is 0 Å². The molecule has 0 aliphatic carbocycles. The van der Waals surface area contributed by atoms with Crippen molar-refractivity contribution in [3.05, 3.63) is 12.2 Å². The normalized spacial score (nSPS) is 10.0. The minimum atomic E-state index is 0.353. The molecule has 0 bridgehead atoms. The summed E-state index contributed by atoms with van der Waals surface area (Å²) in [6.45, 7) is 7.42. The van der Waals surface area contributed by atoms with Gasteiger partial charge in [0.15, 0.2) is 0 Å². The van der Waals surface area contributed by atoms with Crippen LogP contribution in [0.15, 0.2) is 6.33 Å². The zero-order chi connectivity index (χ0) is 10.4. The molecule has 4 nitrogen and oxygen atoms in total. The summed E-state index contributed by atoms with van der Waals surface area (Å²) in [5, 5.41) is 7.33. The maximum atomic E-state index is 4.18. The Labute approximate surface area is 84.7 Å². The van der Waals surface area contributed by atoms with Crippen LogP contribution in [0.1, 0.15) is 32.6 Å². The second-order valence-electron chi connectivity index (χ2n) is 3.24. The molecule has 0 aliphatic rings. The van der Waals surface area contributed by atoms with Crippen LogP contribution < -0.4 is 5.32 Å². The quantitative estimate of drug-likeness (QED) is 0.571. The molecule has 1 N–H and O–H groups in total. The SMILES string of the molecule is CC#CCNCc1ncnn1C(C)C. The molecule has 4 heteroatoms. The Morgan fingerprint density at radius 3 is 3.00 bits per heavy atom. The maximum absolute atomic E-state index is 4.18. The van der Waals surface area contributed by atoms with E-state index in [1.54, 1.807) is 6.33 Å². The van der Waals surface area contributed by atoms with Gasteiger partial charge < -0.3 is 0 Å². The van der Waals surface area contributed by atoms with Crippen LogP contribution in [0.4, 0.5) is 0 Å². The molecule has 1 aromatic heterocycles. The van der Waals surface area contributed by atoms with Gasteiger partial charge in [-0.2, -0.15) is 5.10 Å². The lowest BCUT2D eigenvalue weighted by Crippen LogP contribution is -2.18. The molecular weight excluding hydrogens is 176 g/mol. The standard InChI is InChI=1S/C10H16N4/c1-4-5-6-11-7-10-12-8-13-14(10)9(2)3/h8-9,11H,6-7H2,1-3H3. The molecule has 0 saturated carbocycles. The summed E-state index contributed by atoms with van der Waals surface area (Å²) in [7, 11) is 0. The van der Waals surface area contributed by atoms with Crippen molar-refractivity contribution in [3.63, 3.8) is 0 Å². The topological polar surface area (TPSA) is 42.7 Å². The first-order valence-electron chi connectivity index (χ1n) is 4.74. The van der Waals surface area contributed by atoms with E-state index >= 15 is 0 Å². The molecule has 0 atom stereocenters. The number of nitrogens with zero attached hydrogens (tertiary/aromatic N) is 3. The highest BCUT2D eigenvalue weighted by atomic mass is 15.3. The lowest BCUT2D eigenvalue weighted by atomic mass is 10.4. The average molecular weight is 192 g/mol. The Kier molecular flexibility index (Phi) is 4.14. The van der Waals surface area contributed by atoms with Crippen molar-refractivity contribution in [3.8, 4) is 11.8 Å². The van der Waals surface area contributed by atoms with Crippen LogP contribution in [0.25, 0.3) is 0 Å². The number of hydrogen-bond acceptors (Lipinski definition) is 3. The van der Waals surface area contributed by atoms with E-state index in [0.29, 0.717) is 19.1 Å². The summed E-state index contributed by atoms with van der Waals surface area (Å²) in [4.78, 5) is 4.18. The van der Waals surface area contributed by atoms with Crippen LogP contribution in [0.5, 0.6) is 0 Å². The third kappa shape index (κ3) is 2.86. The molecular formula is C10H16N4. The van der Waals surface area contributed by atoms with Crippen LogP contribution >= 0.6 is 0 Å². The average Bonchev–Trinajstić information content (AvgIpc) is 2.60. The van der Waals surface area contributed by atoms with E-state index in [9.17, 15) is 0 Å². The number of aromatic nitrogens is 3. The molecule has 0 unspecified atom stereocenters. The summed E-state index contributed by atoms with van der Waals surface area (Å²) in [6, 6.07) is 0.353. The van der Waals surface area contributed by atoms with E-state index in [2.05, 4.69) is 41.1 Å². The highest BCUT2D eigenvalue weighted by Gasteiger charge is 2.05. The van der Waals surface area contributed by atoms with Crippen LogP contribution in [-0.2, 0) is 6.54 Å². The van der Waals surface area contributed by atoms with Crippen molar-refractivity contribution in [1.82, 2.24) is 20.1 Å². The van der Waals surface area contributed by atoms with E-state index < -0.39 is 0 Å². The minimum absolute atomic E-state index is 0.353. The second-order valence-corrected chi connectivity index (χ2v) is 3.24. The molecule has 0 saturated heterocycles. The van der Waals surface area contributed by atoms with Crippen LogP contribution in [0, 0.1) is 11.8 Å². The van der Waals surface area contributed by atoms with Crippen molar-refractivity contribution in [2.24, 2.45) is 0 Å². The first-order chi connectivity index (χ1) is 6.75. The largest absolute Gasteiger partial charge is 0.299 e. The van der Waals surface area contributed by atoms with Gasteiger partial charge in [0, 0.05) is 6.04 Å². The van der Waals surface area contributed by atoms with E-state index in [1.165, 1.54) is 0 Å². The smallest absolute Gasteiger partial charge is 0.141 e. The third-order valence-electron chi connectivity index (χ3n) is 1.81. The Morgan fingerprint density at radius 2 is 2.36 bits per heavy atom. The third-order valence-corrected chi connectivity index (χ3v) is 1.81. The fourth-order valence-electron chi connectivity index (χ4n) is 1.16. The highest BCUT2D eigenvalue weighted by molar-refractivity contribution is 4.97. The number of hydrogen-bond donors (Lipinski definition) is 1. The van der Waals surface area contributed by atoms with Crippen LogP contribution in [0.2, 0.25) is 0 Å². The summed E-state index contributed by atoms with van der Waals surface area (Å²) in [6.07, 6.45) is 1.59. The lowest BCUT2D eigenvalue weighted by Gasteiger charge is -2.08. The monoisotopic (exact) mass is 192 g/mol. The van der Waals surface area contributed by atoms with Gasteiger partial charge in [0.2, 0.25) is 0 Å². The Balaban J connectivity index is 2.48. The van der Waals surface area contributed by atoms with Crippen molar-refractivity contribution < 1.29 is 0 Å². The molecule has 0 spiro atoms. The van der Waals surface area contributed by atoms with Crippen LogP contribution in [-0.4, -0.2) is 21.3 Å². The Bertz CT molecular complexity index is 329. The zero-order valence-corrected chi connectivity index (χ0v) is 8.91. The van der Waals surface area contributed by atoms with Gasteiger partial charge in [0.05, 0.1) is 13.1 Å². The summed E-state index contributed by atoms with van der Waals surface area (Å²) >= 11 is 0. The maximum Gasteiger partial charge on any atom is 0.141 e. The first kappa shape index (κ1) is 10.7. The van der Waals surface area contributed by atoms with Crippen molar-refractivity contribution in [2.75, 3.05) is 6.54 Å². The fraction of sp³-hybridized carbons (Fsp3) is 0.600. The van der Waals surface area contributed by atoms with Gasteiger partial charge >= 0.3 is 0 Å². The van der Waals surface area contributed by atoms with E-state index in [0.717, 1.165) is 5.82 Å². The van der Waals surface area contributed by atoms with Gasteiger partial charge in [-0.3, -0.25) is 5.32 Å². The van der Waals surface area contributed by atoms with Gasteiger partial charge in [-0.1, -0.05) is 5.92 Å². The summed E-state index contributed by atoms with van der Waals surface area (Å²) in [5.41, 5.74) is 0. The molecule has 0 aliphatic heterocycles. The summed E-state index contributed by atoms with van der Waals surface area (Å²) < 4.78 is 1.91.